The molecule has 0 spiro atoms. The van der Waals surface area contributed by atoms with Gasteiger partial charge in [-0.05, 0) is 43.5 Å². The summed E-state index contributed by atoms with van der Waals surface area (Å²) in [7, 11) is 0. The van der Waals surface area contributed by atoms with Crippen molar-refractivity contribution >= 4 is 21.9 Å². The monoisotopic (exact) mass is 406 g/mol. The van der Waals surface area contributed by atoms with Gasteiger partial charge in [-0.1, -0.05) is 31.2 Å². The van der Waals surface area contributed by atoms with E-state index in [1.165, 1.54) is 0 Å². The molecule has 4 aromatic rings. The van der Waals surface area contributed by atoms with Gasteiger partial charge in [0.05, 0.1) is 28.5 Å². The lowest BCUT2D eigenvalue weighted by molar-refractivity contribution is 0.281. The highest BCUT2D eigenvalue weighted by Crippen LogP contribution is 2.17. The number of imidazole rings is 1. The number of unbranched alkanes of at least 4 members (excludes halogenated alkanes) is 1. The predicted molar refractivity (Wildman–Crippen MR) is 118 cm³/mol. The van der Waals surface area contributed by atoms with E-state index >= 15 is 0 Å². The number of rotatable bonds is 8. The van der Waals surface area contributed by atoms with E-state index in [9.17, 15) is 14.7 Å². The molecule has 0 radical (unpaired) electrons. The molecule has 0 saturated carbocycles. The fourth-order valence-corrected chi connectivity index (χ4v) is 4.03. The van der Waals surface area contributed by atoms with Crippen LogP contribution in [0.2, 0.25) is 0 Å². The maximum atomic E-state index is 13.2. The van der Waals surface area contributed by atoms with Crippen molar-refractivity contribution in [2.24, 2.45) is 0 Å². The van der Waals surface area contributed by atoms with E-state index in [1.54, 1.807) is 15.2 Å². The number of benzene rings is 2. The van der Waals surface area contributed by atoms with Crippen molar-refractivity contribution in [1.82, 2.24) is 18.7 Å². The average molecular weight is 406 g/mol. The zero-order valence-corrected chi connectivity index (χ0v) is 17.1. The van der Waals surface area contributed by atoms with Gasteiger partial charge in [-0.3, -0.25) is 13.9 Å². The van der Waals surface area contributed by atoms with Crippen LogP contribution in [0.15, 0.2) is 58.1 Å². The third kappa shape index (κ3) is 3.57. The Hall–Kier alpha value is -3.19. The van der Waals surface area contributed by atoms with Crippen molar-refractivity contribution in [3.05, 3.63) is 75.2 Å². The second-order valence-electron chi connectivity index (χ2n) is 7.44. The fraction of sp³-hybridized carbons (Fsp3) is 0.348. The van der Waals surface area contributed by atoms with E-state index in [-0.39, 0.29) is 24.4 Å². The smallest absolute Gasteiger partial charge is 0.329 e. The first kappa shape index (κ1) is 20.1. The predicted octanol–water partition coefficient (Wildman–Crippen LogP) is 2.74. The van der Waals surface area contributed by atoms with E-state index in [1.807, 2.05) is 54.0 Å². The summed E-state index contributed by atoms with van der Waals surface area (Å²) in [4.78, 5) is 30.2. The molecule has 2 aromatic carbocycles. The Morgan fingerprint density at radius 3 is 2.20 bits per heavy atom. The number of fused-ring (bicyclic) bond motifs is 2. The van der Waals surface area contributed by atoms with Crippen LogP contribution in [0.4, 0.5) is 0 Å². The van der Waals surface area contributed by atoms with Crippen LogP contribution in [0.5, 0.6) is 0 Å². The third-order valence-electron chi connectivity index (χ3n) is 5.43. The number of aliphatic hydroxyl groups excluding tert-OH is 1. The van der Waals surface area contributed by atoms with Crippen molar-refractivity contribution in [1.29, 1.82) is 0 Å². The molecule has 1 N–H and O–H groups in total. The number of aromatic nitrogens is 4. The third-order valence-corrected chi connectivity index (χ3v) is 5.43. The van der Waals surface area contributed by atoms with Crippen molar-refractivity contribution in [2.45, 2.75) is 45.8 Å². The number of para-hydroxylation sites is 3. The molecule has 0 aliphatic carbocycles. The van der Waals surface area contributed by atoms with Crippen LogP contribution in [-0.2, 0) is 19.6 Å². The molecule has 2 aromatic heterocycles. The maximum absolute atomic E-state index is 13.2. The summed E-state index contributed by atoms with van der Waals surface area (Å²) < 4.78 is 5.49. The Kier molecular flexibility index (Phi) is 5.81. The van der Waals surface area contributed by atoms with Crippen LogP contribution < -0.4 is 11.2 Å². The van der Waals surface area contributed by atoms with Crippen molar-refractivity contribution in [2.75, 3.05) is 6.61 Å². The summed E-state index contributed by atoms with van der Waals surface area (Å²) in [6, 6.07) is 15.1. The highest BCUT2D eigenvalue weighted by Gasteiger charge is 2.16. The van der Waals surface area contributed by atoms with Gasteiger partial charge in [0.25, 0.3) is 5.56 Å². The van der Waals surface area contributed by atoms with Gasteiger partial charge in [0.1, 0.15) is 5.82 Å². The van der Waals surface area contributed by atoms with Gasteiger partial charge in [-0.25, -0.2) is 4.79 Å². The molecule has 2 heterocycles. The molecule has 0 amide bonds. The van der Waals surface area contributed by atoms with Crippen LogP contribution in [-0.4, -0.2) is 30.4 Å². The second-order valence-corrected chi connectivity index (χ2v) is 7.44. The van der Waals surface area contributed by atoms with Gasteiger partial charge in [-0.15, -0.1) is 0 Å². The van der Waals surface area contributed by atoms with Gasteiger partial charge < -0.3 is 9.67 Å². The fourth-order valence-electron chi connectivity index (χ4n) is 4.03. The minimum Gasteiger partial charge on any atom is -0.396 e. The minimum absolute atomic E-state index is 0.0950. The van der Waals surface area contributed by atoms with Gasteiger partial charge in [0.15, 0.2) is 0 Å². The lowest BCUT2D eigenvalue weighted by Gasteiger charge is -2.16. The second kappa shape index (κ2) is 8.67. The van der Waals surface area contributed by atoms with Crippen molar-refractivity contribution < 1.29 is 5.11 Å². The largest absolute Gasteiger partial charge is 0.396 e. The van der Waals surface area contributed by atoms with Crippen LogP contribution in [0.25, 0.3) is 21.9 Å². The van der Waals surface area contributed by atoms with Crippen LogP contribution >= 0.6 is 0 Å². The Labute approximate surface area is 173 Å². The van der Waals surface area contributed by atoms with Gasteiger partial charge >= 0.3 is 5.69 Å². The highest BCUT2D eigenvalue weighted by atomic mass is 16.3. The van der Waals surface area contributed by atoms with Gasteiger partial charge in [0.2, 0.25) is 0 Å². The number of hydrogen-bond donors (Lipinski definition) is 1. The molecule has 0 atom stereocenters. The zero-order chi connectivity index (χ0) is 21.1. The summed E-state index contributed by atoms with van der Waals surface area (Å²) in [5, 5.41) is 9.75. The minimum atomic E-state index is -0.288. The molecule has 0 aliphatic rings. The molecule has 156 valence electrons. The summed E-state index contributed by atoms with van der Waals surface area (Å²) >= 11 is 0. The summed E-state index contributed by atoms with van der Waals surface area (Å²) in [5.74, 6) is 0.554. The molecule has 0 aliphatic heterocycles. The SMILES string of the molecule is CCCn1c(=O)n(Cc2nc(=O)c3ccccc3n2CCCCO)c2ccccc21. The first-order valence-corrected chi connectivity index (χ1v) is 10.4. The molecular formula is C23H26N4O3. The van der Waals surface area contributed by atoms with E-state index in [0.29, 0.717) is 30.7 Å². The Bertz CT molecular complexity index is 1300. The van der Waals surface area contributed by atoms with Crippen LogP contribution in [0, 0.1) is 0 Å². The Morgan fingerprint density at radius 2 is 1.50 bits per heavy atom. The average Bonchev–Trinajstić information content (AvgIpc) is 3.02. The Balaban J connectivity index is 1.89. The molecule has 7 nitrogen and oxygen atoms in total. The summed E-state index contributed by atoms with van der Waals surface area (Å²) in [5.41, 5.74) is 2.14. The zero-order valence-electron chi connectivity index (χ0n) is 17.1. The molecule has 0 saturated heterocycles. The van der Waals surface area contributed by atoms with E-state index in [2.05, 4.69) is 4.98 Å². The topological polar surface area (TPSA) is 82.0 Å². The molecule has 7 heteroatoms. The lowest BCUT2D eigenvalue weighted by Crippen LogP contribution is -2.28. The normalized spacial score (nSPS) is 11.5. The first-order valence-electron chi connectivity index (χ1n) is 10.4. The molecule has 0 fully saturated rings. The van der Waals surface area contributed by atoms with Crippen LogP contribution in [0.3, 0.4) is 0 Å². The first-order chi connectivity index (χ1) is 14.7. The molecule has 30 heavy (non-hydrogen) atoms. The number of aryl methyl sites for hydroxylation is 2. The number of hydrogen-bond acceptors (Lipinski definition) is 4. The number of nitrogens with zero attached hydrogens (tertiary/aromatic N) is 4. The quantitative estimate of drug-likeness (QED) is 0.456. The van der Waals surface area contributed by atoms with Crippen molar-refractivity contribution in [3.63, 3.8) is 0 Å². The summed E-state index contributed by atoms with van der Waals surface area (Å²) in [6.45, 7) is 3.63. The maximum Gasteiger partial charge on any atom is 0.329 e. The lowest BCUT2D eigenvalue weighted by atomic mass is 10.2. The summed E-state index contributed by atoms with van der Waals surface area (Å²) in [6.07, 6.45) is 2.27. The molecule has 0 unspecified atom stereocenters. The standard InChI is InChI=1S/C23H26N4O3/c1-2-13-26-19-11-5-6-12-20(19)27(23(26)30)16-21-24-22(29)17-9-3-4-10-18(17)25(21)14-7-8-15-28/h3-6,9-12,28H,2,7-8,13-16H2,1H3. The molecule has 4 rings (SSSR count). The van der Waals surface area contributed by atoms with Crippen molar-refractivity contribution in [3.8, 4) is 0 Å². The van der Waals surface area contributed by atoms with E-state index in [0.717, 1.165) is 29.4 Å². The van der Waals surface area contributed by atoms with Gasteiger partial charge in [-0.2, -0.15) is 4.98 Å². The van der Waals surface area contributed by atoms with E-state index < -0.39 is 0 Å². The van der Waals surface area contributed by atoms with Crippen LogP contribution in [0.1, 0.15) is 32.0 Å². The number of aliphatic hydroxyl groups is 1. The van der Waals surface area contributed by atoms with Gasteiger partial charge in [0, 0.05) is 19.7 Å². The molecular weight excluding hydrogens is 380 g/mol. The molecule has 0 bridgehead atoms. The van der Waals surface area contributed by atoms with E-state index in [4.69, 9.17) is 0 Å². The highest BCUT2D eigenvalue weighted by molar-refractivity contribution is 5.78. The Morgan fingerprint density at radius 1 is 0.833 bits per heavy atom.